The van der Waals surface area contributed by atoms with E-state index in [0.717, 1.165) is 26.1 Å². The number of β-amino-alcohol motifs (C(OH)–C–C–N with tert-alkyl or cyclic N) is 1. The topological polar surface area (TPSA) is 23.5 Å². The van der Waals surface area contributed by atoms with E-state index in [1.54, 1.807) is 0 Å². The first-order chi connectivity index (χ1) is 5.70. The van der Waals surface area contributed by atoms with Crippen molar-refractivity contribution >= 4 is 11.8 Å². The van der Waals surface area contributed by atoms with E-state index in [1.807, 2.05) is 11.8 Å². The number of hydrogen-bond acceptors (Lipinski definition) is 3. The zero-order valence-corrected chi connectivity index (χ0v) is 8.86. The quantitative estimate of drug-likeness (QED) is 0.657. The summed E-state index contributed by atoms with van der Waals surface area (Å²) in [4.78, 5) is 2.33. The van der Waals surface area contributed by atoms with Crippen LogP contribution in [0.2, 0.25) is 0 Å². The first kappa shape index (κ1) is 10.4. The van der Waals surface area contributed by atoms with Crippen LogP contribution in [-0.2, 0) is 0 Å². The minimum absolute atomic E-state index is 0.350. The molecular formula is C9H19NOS. The van der Waals surface area contributed by atoms with Crippen LogP contribution < -0.4 is 0 Å². The van der Waals surface area contributed by atoms with Crippen molar-refractivity contribution in [1.29, 1.82) is 0 Å². The van der Waals surface area contributed by atoms with Gasteiger partial charge >= 0.3 is 0 Å². The predicted molar refractivity (Wildman–Crippen MR) is 54.7 cm³/mol. The SMILES string of the molecule is CCSCCN1CC(O)(CC)C1. The van der Waals surface area contributed by atoms with Crippen molar-refractivity contribution in [3.05, 3.63) is 0 Å². The summed E-state index contributed by atoms with van der Waals surface area (Å²) in [6.45, 7) is 7.14. The molecule has 0 atom stereocenters. The Morgan fingerprint density at radius 1 is 1.42 bits per heavy atom. The molecule has 0 radical (unpaired) electrons. The van der Waals surface area contributed by atoms with E-state index >= 15 is 0 Å². The average molecular weight is 189 g/mol. The van der Waals surface area contributed by atoms with Gasteiger partial charge in [0.15, 0.2) is 0 Å². The van der Waals surface area contributed by atoms with Crippen molar-refractivity contribution < 1.29 is 5.11 Å². The molecule has 0 aromatic carbocycles. The Morgan fingerprint density at radius 2 is 2.08 bits per heavy atom. The van der Waals surface area contributed by atoms with Gasteiger partial charge in [0.25, 0.3) is 0 Å². The highest BCUT2D eigenvalue weighted by atomic mass is 32.2. The van der Waals surface area contributed by atoms with Gasteiger partial charge in [-0.25, -0.2) is 0 Å². The standard InChI is InChI=1S/C9H19NOS/c1-3-9(11)7-10(8-9)5-6-12-4-2/h11H,3-8H2,1-2H3. The van der Waals surface area contributed by atoms with Crippen LogP contribution >= 0.6 is 11.8 Å². The van der Waals surface area contributed by atoms with Crippen molar-refractivity contribution in [2.75, 3.05) is 31.1 Å². The molecule has 0 aromatic rings. The summed E-state index contributed by atoms with van der Waals surface area (Å²) in [6, 6.07) is 0. The summed E-state index contributed by atoms with van der Waals surface area (Å²) in [5.74, 6) is 2.40. The maximum Gasteiger partial charge on any atom is 0.0897 e. The van der Waals surface area contributed by atoms with Crippen LogP contribution in [0.4, 0.5) is 0 Å². The predicted octanol–water partition coefficient (Wildman–Crippen LogP) is 1.20. The van der Waals surface area contributed by atoms with Gasteiger partial charge in [0.2, 0.25) is 0 Å². The van der Waals surface area contributed by atoms with E-state index < -0.39 is 0 Å². The van der Waals surface area contributed by atoms with Gasteiger partial charge in [-0.2, -0.15) is 11.8 Å². The lowest BCUT2D eigenvalue weighted by Crippen LogP contribution is -2.61. The molecule has 0 saturated carbocycles. The minimum atomic E-state index is -0.350. The third-order valence-electron chi connectivity index (χ3n) is 2.45. The van der Waals surface area contributed by atoms with Crippen LogP contribution in [0.1, 0.15) is 20.3 Å². The van der Waals surface area contributed by atoms with E-state index in [2.05, 4.69) is 18.7 Å². The minimum Gasteiger partial charge on any atom is -0.387 e. The lowest BCUT2D eigenvalue weighted by atomic mass is 9.92. The number of likely N-dealkylation sites (tertiary alicyclic amines) is 1. The number of rotatable bonds is 5. The summed E-state index contributed by atoms with van der Waals surface area (Å²) in [6.07, 6.45) is 0.893. The van der Waals surface area contributed by atoms with E-state index in [9.17, 15) is 5.11 Å². The maximum absolute atomic E-state index is 9.70. The molecule has 1 rings (SSSR count). The van der Waals surface area contributed by atoms with E-state index in [0.29, 0.717) is 0 Å². The van der Waals surface area contributed by atoms with Gasteiger partial charge in [0.1, 0.15) is 0 Å². The zero-order chi connectivity index (χ0) is 9.03. The summed E-state index contributed by atoms with van der Waals surface area (Å²) >= 11 is 1.97. The average Bonchev–Trinajstić information content (AvgIpc) is 2.01. The second-order valence-corrected chi connectivity index (χ2v) is 4.88. The Balaban J connectivity index is 2.02. The van der Waals surface area contributed by atoms with Crippen molar-refractivity contribution in [3.63, 3.8) is 0 Å². The molecule has 1 saturated heterocycles. The Hall–Kier alpha value is 0.270. The molecule has 1 N–H and O–H groups in total. The Bertz CT molecular complexity index is 134. The van der Waals surface area contributed by atoms with E-state index in [4.69, 9.17) is 0 Å². The Labute approximate surface area is 79.3 Å². The highest BCUT2D eigenvalue weighted by Crippen LogP contribution is 2.23. The molecular weight excluding hydrogens is 170 g/mol. The first-order valence-electron chi connectivity index (χ1n) is 4.72. The Kier molecular flexibility index (Phi) is 3.87. The molecule has 72 valence electrons. The third kappa shape index (κ3) is 2.64. The molecule has 0 unspecified atom stereocenters. The molecule has 1 aliphatic rings. The molecule has 1 fully saturated rings. The summed E-state index contributed by atoms with van der Waals surface area (Å²) in [5.41, 5.74) is -0.350. The summed E-state index contributed by atoms with van der Waals surface area (Å²) in [5, 5.41) is 9.70. The molecule has 2 nitrogen and oxygen atoms in total. The number of thioether (sulfide) groups is 1. The van der Waals surface area contributed by atoms with Crippen LogP contribution in [-0.4, -0.2) is 46.7 Å². The molecule has 0 bridgehead atoms. The summed E-state index contributed by atoms with van der Waals surface area (Å²) in [7, 11) is 0. The zero-order valence-electron chi connectivity index (χ0n) is 8.05. The van der Waals surface area contributed by atoms with Gasteiger partial charge in [-0.15, -0.1) is 0 Å². The molecule has 0 aliphatic carbocycles. The normalized spacial score (nSPS) is 22.2. The van der Waals surface area contributed by atoms with Gasteiger partial charge in [-0.1, -0.05) is 13.8 Å². The lowest BCUT2D eigenvalue weighted by molar-refractivity contribution is -0.0965. The Morgan fingerprint density at radius 3 is 2.58 bits per heavy atom. The van der Waals surface area contributed by atoms with Gasteiger partial charge < -0.3 is 5.11 Å². The smallest absolute Gasteiger partial charge is 0.0897 e. The number of nitrogens with zero attached hydrogens (tertiary/aromatic N) is 1. The second-order valence-electron chi connectivity index (χ2n) is 3.49. The van der Waals surface area contributed by atoms with Gasteiger partial charge in [-0.3, -0.25) is 4.90 Å². The van der Waals surface area contributed by atoms with Crippen LogP contribution in [0.3, 0.4) is 0 Å². The highest BCUT2D eigenvalue weighted by Gasteiger charge is 2.38. The second kappa shape index (κ2) is 4.49. The summed E-state index contributed by atoms with van der Waals surface area (Å²) < 4.78 is 0. The molecule has 0 spiro atoms. The van der Waals surface area contributed by atoms with Crippen LogP contribution in [0, 0.1) is 0 Å². The molecule has 0 amide bonds. The monoisotopic (exact) mass is 189 g/mol. The van der Waals surface area contributed by atoms with Crippen molar-refractivity contribution in [1.82, 2.24) is 4.90 Å². The van der Waals surface area contributed by atoms with Crippen molar-refractivity contribution in [3.8, 4) is 0 Å². The van der Waals surface area contributed by atoms with E-state index in [1.165, 1.54) is 11.5 Å². The fourth-order valence-electron chi connectivity index (χ4n) is 1.51. The fourth-order valence-corrected chi connectivity index (χ4v) is 2.18. The number of hydrogen-bond donors (Lipinski definition) is 1. The highest BCUT2D eigenvalue weighted by molar-refractivity contribution is 7.99. The van der Waals surface area contributed by atoms with Crippen LogP contribution in [0.15, 0.2) is 0 Å². The third-order valence-corrected chi connectivity index (χ3v) is 3.33. The van der Waals surface area contributed by atoms with Gasteiger partial charge in [-0.05, 0) is 12.2 Å². The molecule has 3 heteroatoms. The lowest BCUT2D eigenvalue weighted by Gasteiger charge is -2.46. The van der Waals surface area contributed by atoms with Crippen LogP contribution in [0.25, 0.3) is 0 Å². The van der Waals surface area contributed by atoms with Crippen molar-refractivity contribution in [2.24, 2.45) is 0 Å². The fraction of sp³-hybridized carbons (Fsp3) is 1.00. The largest absolute Gasteiger partial charge is 0.387 e. The van der Waals surface area contributed by atoms with Gasteiger partial charge in [0, 0.05) is 25.4 Å². The molecule has 0 aromatic heterocycles. The first-order valence-corrected chi connectivity index (χ1v) is 5.88. The maximum atomic E-state index is 9.70. The number of aliphatic hydroxyl groups is 1. The van der Waals surface area contributed by atoms with Gasteiger partial charge in [0.05, 0.1) is 5.60 Å². The molecule has 1 heterocycles. The van der Waals surface area contributed by atoms with E-state index in [-0.39, 0.29) is 5.60 Å². The molecule has 1 aliphatic heterocycles. The van der Waals surface area contributed by atoms with Crippen LogP contribution in [0.5, 0.6) is 0 Å². The van der Waals surface area contributed by atoms with Crippen molar-refractivity contribution in [2.45, 2.75) is 25.9 Å². The molecule has 12 heavy (non-hydrogen) atoms.